The molecule has 64 heavy (non-hydrogen) atoms. The van der Waals surface area contributed by atoms with Crippen molar-refractivity contribution in [1.82, 2.24) is 29.9 Å². The number of halogens is 8. The first-order valence-corrected chi connectivity index (χ1v) is 24.1. The van der Waals surface area contributed by atoms with Crippen LogP contribution in [0.4, 0.5) is 36.6 Å². The van der Waals surface area contributed by atoms with Gasteiger partial charge < -0.3 is 5.32 Å². The Labute approximate surface area is 368 Å². The zero-order valence-electron chi connectivity index (χ0n) is 34.7. The number of carbonyl (C=O) groups is 1. The number of nitrogens with one attached hydrogen (secondary N) is 2. The van der Waals surface area contributed by atoms with Gasteiger partial charge in [-0.1, -0.05) is 23.7 Å². The van der Waals surface area contributed by atoms with Crippen molar-refractivity contribution in [3.8, 4) is 11.1 Å². The van der Waals surface area contributed by atoms with Gasteiger partial charge in [0, 0.05) is 41.9 Å². The first kappa shape index (κ1) is 45.8. The number of rotatable bonds is 16. The summed E-state index contributed by atoms with van der Waals surface area (Å²) in [6.07, 6.45) is -4.23. The van der Waals surface area contributed by atoms with Crippen molar-refractivity contribution in [2.45, 2.75) is 106 Å². The third kappa shape index (κ3) is 9.21. The van der Waals surface area contributed by atoms with Crippen LogP contribution >= 0.6 is 11.6 Å². The smallest absolute Gasteiger partial charge is 0.346 e. The van der Waals surface area contributed by atoms with Crippen LogP contribution in [0.2, 0.25) is 5.02 Å². The highest BCUT2D eigenvalue weighted by Gasteiger charge is 2.50. The Kier molecular flexibility index (Phi) is 11.7. The number of hydrogen-bond acceptors (Lipinski definition) is 8. The molecule has 3 aliphatic rings. The first-order chi connectivity index (χ1) is 29.8. The summed E-state index contributed by atoms with van der Waals surface area (Å²) in [6.45, 7) is 2.11. The maximum atomic E-state index is 15.1. The number of aryl methyl sites for hydroxylation is 2. The quantitative estimate of drug-likeness (QED) is 0.0935. The van der Waals surface area contributed by atoms with Crippen LogP contribution in [0.25, 0.3) is 22.0 Å². The molecule has 0 saturated heterocycles. The molecule has 1 atom stereocenters. The normalized spacial score (nSPS) is 17.2. The molecule has 0 aliphatic heterocycles. The van der Waals surface area contributed by atoms with Crippen LogP contribution in [0, 0.1) is 17.6 Å². The van der Waals surface area contributed by atoms with E-state index in [-0.39, 0.29) is 57.6 Å². The second kappa shape index (κ2) is 16.3. The number of aromatic nitrogens is 5. The van der Waals surface area contributed by atoms with Crippen LogP contribution in [0.1, 0.15) is 92.3 Å². The van der Waals surface area contributed by atoms with E-state index in [4.69, 9.17) is 16.6 Å². The van der Waals surface area contributed by atoms with Gasteiger partial charge in [0.1, 0.15) is 23.9 Å². The molecule has 12 nitrogen and oxygen atoms in total. The summed E-state index contributed by atoms with van der Waals surface area (Å²) in [5, 5.41) is 10.4. The Morgan fingerprint density at radius 3 is 2.28 bits per heavy atom. The maximum absolute atomic E-state index is 15.1. The van der Waals surface area contributed by atoms with Crippen LogP contribution in [-0.2, 0) is 69.6 Å². The van der Waals surface area contributed by atoms with Gasteiger partial charge in [-0.3, -0.25) is 23.9 Å². The molecule has 3 aromatic heterocycles. The van der Waals surface area contributed by atoms with Crippen LogP contribution < -0.4 is 10.0 Å². The monoisotopic (exact) mass is 957 g/mol. The van der Waals surface area contributed by atoms with Gasteiger partial charge in [-0.15, -0.1) is 0 Å². The summed E-state index contributed by atoms with van der Waals surface area (Å²) in [7, 11) is -5.86. The molecule has 3 heterocycles. The number of sulfonamides is 1. The van der Waals surface area contributed by atoms with E-state index in [9.17, 15) is 43.6 Å². The lowest BCUT2D eigenvalue weighted by molar-refractivity contribution is -0.142. The van der Waals surface area contributed by atoms with Crippen LogP contribution in [-0.4, -0.2) is 63.0 Å². The van der Waals surface area contributed by atoms with Crippen molar-refractivity contribution in [3.05, 3.63) is 93.0 Å². The average molecular weight is 958 g/mol. The summed E-state index contributed by atoms with van der Waals surface area (Å²) in [5.41, 5.74) is -2.10. The largest absolute Gasteiger partial charge is 0.435 e. The number of pyridine rings is 1. The third-order valence-electron chi connectivity index (χ3n) is 12.0. The van der Waals surface area contributed by atoms with Crippen molar-refractivity contribution in [2.24, 2.45) is 13.0 Å². The van der Waals surface area contributed by atoms with Crippen LogP contribution in [0.5, 0.6) is 0 Å². The van der Waals surface area contributed by atoms with E-state index in [1.54, 1.807) is 32.0 Å². The minimum atomic E-state index is -5.10. The van der Waals surface area contributed by atoms with Gasteiger partial charge in [-0.05, 0) is 101 Å². The van der Waals surface area contributed by atoms with E-state index >= 15 is 8.78 Å². The molecule has 22 heteroatoms. The number of alkyl halides is 5. The SMILES string of the molecule is Cn1nc(NS(=O)(=O)CC2CC2)c2c(Cl)ccc(-c3ccc(CCC(C)(C)S(=O)(=O)C4CC4)nc3[C@H](Cc3cc(F)cc(F)c3)NC(=O)Cn3nc(C(F)(F)F)c4c3C(F)(F)CC4)c21. The highest BCUT2D eigenvalue weighted by atomic mass is 35.5. The third-order valence-corrected chi connectivity index (χ3v) is 16.8. The molecule has 8 rings (SSSR count). The highest BCUT2D eigenvalue weighted by Crippen LogP contribution is 2.47. The predicted molar refractivity (Wildman–Crippen MR) is 224 cm³/mol. The minimum Gasteiger partial charge on any atom is -0.346 e. The molecule has 0 spiro atoms. The minimum absolute atomic E-state index is 0.00106. The zero-order chi connectivity index (χ0) is 46.3. The van der Waals surface area contributed by atoms with Crippen LogP contribution in [0.3, 0.4) is 0 Å². The first-order valence-electron chi connectivity index (χ1n) is 20.5. The fourth-order valence-corrected chi connectivity index (χ4v) is 12.2. The number of benzene rings is 2. The lowest BCUT2D eigenvalue weighted by Gasteiger charge is -2.26. The second-order valence-electron chi connectivity index (χ2n) is 17.5. The maximum Gasteiger partial charge on any atom is 0.435 e. The Morgan fingerprint density at radius 1 is 0.969 bits per heavy atom. The molecule has 2 aromatic carbocycles. The van der Waals surface area contributed by atoms with E-state index < -0.39 is 108 Å². The van der Waals surface area contributed by atoms with E-state index in [0.29, 0.717) is 40.4 Å². The zero-order valence-corrected chi connectivity index (χ0v) is 37.1. The highest BCUT2D eigenvalue weighted by molar-refractivity contribution is 7.93. The van der Waals surface area contributed by atoms with Crippen LogP contribution in [0.15, 0.2) is 42.5 Å². The topological polar surface area (TPSA) is 158 Å². The molecule has 0 radical (unpaired) electrons. The number of hydrogen-bond donors (Lipinski definition) is 2. The van der Waals surface area contributed by atoms with Gasteiger partial charge in [-0.2, -0.15) is 32.1 Å². The van der Waals surface area contributed by atoms with Crippen molar-refractivity contribution >= 4 is 54.1 Å². The van der Waals surface area contributed by atoms with Gasteiger partial charge in [0.25, 0.3) is 5.92 Å². The number of anilines is 1. The van der Waals surface area contributed by atoms with Gasteiger partial charge in [0.15, 0.2) is 21.3 Å². The molecule has 3 aliphatic carbocycles. The molecule has 2 saturated carbocycles. The predicted octanol–water partition coefficient (Wildman–Crippen LogP) is 8.36. The Bertz CT molecular complexity index is 2890. The van der Waals surface area contributed by atoms with E-state index in [1.807, 2.05) is 0 Å². The summed E-state index contributed by atoms with van der Waals surface area (Å²) < 4.78 is 158. The Hall–Kier alpha value is -4.76. The van der Waals surface area contributed by atoms with Crippen molar-refractivity contribution < 1.29 is 52.4 Å². The van der Waals surface area contributed by atoms with Gasteiger partial charge in [-0.25, -0.2) is 25.6 Å². The van der Waals surface area contributed by atoms with Crippen molar-refractivity contribution in [2.75, 3.05) is 10.5 Å². The number of nitrogens with zero attached hydrogens (tertiary/aromatic N) is 5. The van der Waals surface area contributed by atoms with E-state index in [2.05, 4.69) is 20.2 Å². The molecule has 5 aromatic rings. The lowest BCUT2D eigenvalue weighted by atomic mass is 9.93. The van der Waals surface area contributed by atoms with E-state index in [1.165, 1.54) is 17.8 Å². The summed E-state index contributed by atoms with van der Waals surface area (Å²) in [4.78, 5) is 19.0. The van der Waals surface area contributed by atoms with Gasteiger partial charge >= 0.3 is 6.18 Å². The van der Waals surface area contributed by atoms with Gasteiger partial charge in [0.2, 0.25) is 15.9 Å². The molecular formula is C42H43ClF7N7O5S2. The molecule has 2 N–H and O–H groups in total. The molecule has 0 bridgehead atoms. The van der Waals surface area contributed by atoms with E-state index in [0.717, 1.165) is 25.0 Å². The second-order valence-corrected chi connectivity index (χ2v) is 22.5. The summed E-state index contributed by atoms with van der Waals surface area (Å²) in [5.74, 6) is -6.98. The summed E-state index contributed by atoms with van der Waals surface area (Å²) >= 11 is 6.72. The molecule has 0 unspecified atom stereocenters. The van der Waals surface area contributed by atoms with Crippen molar-refractivity contribution in [3.63, 3.8) is 0 Å². The Balaban J connectivity index is 1.25. The lowest BCUT2D eigenvalue weighted by Crippen LogP contribution is -2.36. The number of sulfone groups is 1. The molecule has 1 amide bonds. The number of amides is 1. The van der Waals surface area contributed by atoms with Gasteiger partial charge in [0.05, 0.1) is 43.4 Å². The summed E-state index contributed by atoms with van der Waals surface area (Å²) in [6, 6.07) is 7.50. The fourth-order valence-electron chi connectivity index (χ4n) is 8.45. The van der Waals surface area contributed by atoms with Crippen molar-refractivity contribution in [1.29, 1.82) is 0 Å². The molecule has 344 valence electrons. The number of carbonyl (C=O) groups excluding carboxylic acids is 1. The molecule has 2 fully saturated rings. The molecular weight excluding hydrogens is 915 g/mol. The average Bonchev–Trinajstić information content (AvgIpc) is 4.11. The Morgan fingerprint density at radius 2 is 1.64 bits per heavy atom. The fraction of sp³-hybridized carbons (Fsp3) is 0.476. The standard InChI is InChI=1S/C42H43ClF7N7O5S2/c1-40(2,64(61,62)27-7-8-27)14-12-26-6-9-28(29-10-11-31(43)34-36(29)56(3)54-39(34)55-63(59,60)21-22-4-5-22)35(51-26)32(18-23-16-24(44)19-25(45)17-23)52-33(58)20-57-38-30(13-15-41(38,46)47)37(53-57)42(48,49)50/h6,9-11,16-17,19,22,27,32H,4-5,7-8,12-15,18,20-21H2,1-3H3,(H,52,58)(H,54,55)/t32-/m0/s1. The number of fused-ring (bicyclic) bond motifs is 2.